The molecule has 0 aliphatic heterocycles. The molecule has 2 aromatic carbocycles. The van der Waals surface area contributed by atoms with Crippen molar-refractivity contribution in [2.45, 2.75) is 19.9 Å². The van der Waals surface area contributed by atoms with Crippen molar-refractivity contribution < 1.29 is 18.9 Å². The van der Waals surface area contributed by atoms with Gasteiger partial charge < -0.3 is 29.6 Å². The maximum atomic E-state index is 5.54. The van der Waals surface area contributed by atoms with Crippen molar-refractivity contribution in [2.75, 3.05) is 41.5 Å². The van der Waals surface area contributed by atoms with Gasteiger partial charge in [-0.3, -0.25) is 0 Å². The van der Waals surface area contributed by atoms with Gasteiger partial charge in [0.1, 0.15) is 5.75 Å². The van der Waals surface area contributed by atoms with Crippen LogP contribution in [0.25, 0.3) is 0 Å². The Morgan fingerprint density at radius 1 is 0.800 bits per heavy atom. The van der Waals surface area contributed by atoms with Gasteiger partial charge in [0, 0.05) is 18.7 Å². The van der Waals surface area contributed by atoms with Gasteiger partial charge in [-0.2, -0.15) is 0 Å². The van der Waals surface area contributed by atoms with Gasteiger partial charge in [-0.25, -0.2) is 4.99 Å². The maximum absolute atomic E-state index is 5.54. The summed E-state index contributed by atoms with van der Waals surface area (Å²) < 4.78 is 21.7. The number of ether oxygens (including phenoxy) is 4. The summed E-state index contributed by atoms with van der Waals surface area (Å²) in [4.78, 5) is 4.68. The van der Waals surface area contributed by atoms with E-state index in [9.17, 15) is 0 Å². The fraction of sp³-hybridized carbons (Fsp3) is 0.409. The monoisotopic (exact) mass is 529 g/mol. The predicted molar refractivity (Wildman–Crippen MR) is 131 cm³/mol. The van der Waals surface area contributed by atoms with Crippen molar-refractivity contribution in [3.63, 3.8) is 0 Å². The third kappa shape index (κ3) is 6.86. The number of aliphatic imine (C=N–C) groups is 1. The van der Waals surface area contributed by atoms with E-state index in [1.807, 2.05) is 37.3 Å². The van der Waals surface area contributed by atoms with Crippen LogP contribution in [0.3, 0.4) is 0 Å². The number of methoxy groups -OCH3 is 4. The number of hydrogen-bond acceptors (Lipinski definition) is 5. The second-order valence-electron chi connectivity index (χ2n) is 6.18. The zero-order chi connectivity index (χ0) is 21.1. The second kappa shape index (κ2) is 13.8. The van der Waals surface area contributed by atoms with E-state index in [4.69, 9.17) is 18.9 Å². The van der Waals surface area contributed by atoms with Gasteiger partial charge in [0.25, 0.3) is 0 Å². The fourth-order valence-electron chi connectivity index (χ4n) is 3.02. The van der Waals surface area contributed by atoms with Crippen LogP contribution in [0.1, 0.15) is 18.1 Å². The smallest absolute Gasteiger partial charge is 0.203 e. The first kappa shape index (κ1) is 25.7. The maximum Gasteiger partial charge on any atom is 0.203 e. The van der Waals surface area contributed by atoms with Crippen LogP contribution in [0.2, 0.25) is 0 Å². The van der Waals surface area contributed by atoms with Crippen molar-refractivity contribution in [2.24, 2.45) is 4.99 Å². The van der Waals surface area contributed by atoms with Gasteiger partial charge in [0.15, 0.2) is 17.5 Å². The van der Waals surface area contributed by atoms with E-state index in [2.05, 4.69) is 21.7 Å². The Labute approximate surface area is 196 Å². The zero-order valence-corrected chi connectivity index (χ0v) is 20.6. The summed E-state index contributed by atoms with van der Waals surface area (Å²) in [7, 11) is 6.50. The van der Waals surface area contributed by atoms with Gasteiger partial charge in [0.05, 0.1) is 35.0 Å². The first-order chi connectivity index (χ1) is 14.2. The average Bonchev–Trinajstić information content (AvgIpc) is 2.76. The third-order valence-electron chi connectivity index (χ3n) is 4.42. The van der Waals surface area contributed by atoms with Crippen LogP contribution < -0.4 is 29.6 Å². The van der Waals surface area contributed by atoms with Crippen molar-refractivity contribution in [1.82, 2.24) is 10.6 Å². The van der Waals surface area contributed by atoms with Crippen LogP contribution >= 0.6 is 24.0 Å². The van der Waals surface area contributed by atoms with Gasteiger partial charge in [-0.15, -0.1) is 24.0 Å². The van der Waals surface area contributed by atoms with Crippen molar-refractivity contribution in [3.05, 3.63) is 47.5 Å². The Hall–Kier alpha value is -2.36. The molecule has 2 aromatic rings. The molecule has 30 heavy (non-hydrogen) atoms. The highest BCUT2D eigenvalue weighted by Gasteiger charge is 2.15. The van der Waals surface area contributed by atoms with Gasteiger partial charge in [-0.05, 0) is 37.1 Å². The van der Waals surface area contributed by atoms with Crippen molar-refractivity contribution in [1.29, 1.82) is 0 Å². The molecule has 0 radical (unpaired) electrons. The molecule has 0 heterocycles. The highest BCUT2D eigenvalue weighted by atomic mass is 127. The lowest BCUT2D eigenvalue weighted by atomic mass is 10.1. The molecule has 0 saturated heterocycles. The molecule has 0 atom stereocenters. The molecule has 166 valence electrons. The number of rotatable bonds is 10. The Morgan fingerprint density at radius 3 is 2.13 bits per heavy atom. The molecule has 0 spiro atoms. The van der Waals surface area contributed by atoms with Crippen LogP contribution in [-0.4, -0.2) is 47.5 Å². The molecule has 0 saturated carbocycles. The normalized spacial score (nSPS) is 10.6. The third-order valence-corrected chi connectivity index (χ3v) is 4.42. The van der Waals surface area contributed by atoms with E-state index in [1.165, 1.54) is 0 Å². The summed E-state index contributed by atoms with van der Waals surface area (Å²) in [5, 5.41) is 6.63. The molecule has 0 fully saturated rings. The van der Waals surface area contributed by atoms with Crippen LogP contribution in [-0.2, 0) is 13.0 Å². The summed E-state index contributed by atoms with van der Waals surface area (Å²) in [6, 6.07) is 11.8. The number of halogens is 1. The van der Waals surface area contributed by atoms with Gasteiger partial charge in [-0.1, -0.05) is 18.2 Å². The van der Waals surface area contributed by atoms with E-state index in [0.717, 1.165) is 42.3 Å². The van der Waals surface area contributed by atoms with Gasteiger partial charge >= 0.3 is 0 Å². The largest absolute Gasteiger partial charge is 0.496 e. The van der Waals surface area contributed by atoms with E-state index < -0.39 is 0 Å². The van der Waals surface area contributed by atoms with Crippen LogP contribution in [0.5, 0.6) is 23.0 Å². The number of hydrogen-bond donors (Lipinski definition) is 2. The summed E-state index contributed by atoms with van der Waals surface area (Å²) in [5.74, 6) is 3.45. The van der Waals surface area contributed by atoms with Gasteiger partial charge in [0.2, 0.25) is 5.75 Å². The Bertz CT molecular complexity index is 815. The molecule has 0 aromatic heterocycles. The molecule has 7 nitrogen and oxygen atoms in total. The second-order valence-corrected chi connectivity index (χ2v) is 6.18. The Morgan fingerprint density at radius 2 is 1.50 bits per heavy atom. The number of guanidine groups is 1. The number of benzene rings is 2. The first-order valence-electron chi connectivity index (χ1n) is 9.60. The Balaban J connectivity index is 0.00000450. The Kier molecular flexibility index (Phi) is 11.8. The lowest BCUT2D eigenvalue weighted by Gasteiger charge is -2.16. The van der Waals surface area contributed by atoms with E-state index in [1.54, 1.807) is 28.4 Å². The lowest BCUT2D eigenvalue weighted by Crippen LogP contribution is -2.38. The minimum absolute atomic E-state index is 0. The molecular weight excluding hydrogens is 497 g/mol. The van der Waals surface area contributed by atoms with E-state index >= 15 is 0 Å². The average molecular weight is 529 g/mol. The zero-order valence-electron chi connectivity index (χ0n) is 18.3. The molecule has 0 amide bonds. The molecule has 0 bridgehead atoms. The highest BCUT2D eigenvalue weighted by molar-refractivity contribution is 14.0. The quantitative estimate of drug-likeness (QED) is 0.278. The van der Waals surface area contributed by atoms with E-state index in [0.29, 0.717) is 23.8 Å². The number of para-hydroxylation sites is 1. The SMILES string of the molecule is CCNC(=NCc1ccc(OC)c(OC)c1OC)NCCc1ccccc1OC.I. The molecule has 2 rings (SSSR count). The number of nitrogens with zero attached hydrogens (tertiary/aromatic N) is 1. The minimum atomic E-state index is 0. The standard InChI is InChI=1S/C22H31N3O4.HI/c1-6-23-22(24-14-13-16-9-7-8-10-18(16)26-2)25-15-17-11-12-19(27-3)21(29-5)20(17)28-4;/h7-12H,6,13-15H2,1-5H3,(H2,23,24,25);1H. The molecule has 8 heteroatoms. The molecule has 0 unspecified atom stereocenters. The summed E-state index contributed by atoms with van der Waals surface area (Å²) >= 11 is 0. The summed E-state index contributed by atoms with van der Waals surface area (Å²) in [6.07, 6.45) is 0.827. The van der Waals surface area contributed by atoms with Crippen molar-refractivity contribution >= 4 is 29.9 Å². The van der Waals surface area contributed by atoms with Crippen LogP contribution in [0.15, 0.2) is 41.4 Å². The number of nitrogens with one attached hydrogen (secondary N) is 2. The summed E-state index contributed by atoms with van der Waals surface area (Å²) in [6.45, 7) is 3.97. The minimum Gasteiger partial charge on any atom is -0.496 e. The van der Waals surface area contributed by atoms with Crippen LogP contribution in [0.4, 0.5) is 0 Å². The highest BCUT2D eigenvalue weighted by Crippen LogP contribution is 2.39. The molecule has 0 aliphatic carbocycles. The fourth-order valence-corrected chi connectivity index (χ4v) is 3.02. The molecular formula is C22H32IN3O4. The predicted octanol–water partition coefficient (Wildman–Crippen LogP) is 3.64. The van der Waals surface area contributed by atoms with Crippen molar-refractivity contribution in [3.8, 4) is 23.0 Å². The van der Waals surface area contributed by atoms with E-state index in [-0.39, 0.29) is 24.0 Å². The molecule has 2 N–H and O–H groups in total. The van der Waals surface area contributed by atoms with Crippen LogP contribution in [0, 0.1) is 0 Å². The lowest BCUT2D eigenvalue weighted by molar-refractivity contribution is 0.322. The summed E-state index contributed by atoms with van der Waals surface area (Å²) in [5.41, 5.74) is 2.06. The molecule has 0 aliphatic rings. The topological polar surface area (TPSA) is 73.3 Å². The first-order valence-corrected chi connectivity index (χ1v) is 9.60.